The van der Waals surface area contributed by atoms with Crippen LogP contribution in [0.15, 0.2) is 22.2 Å². The highest BCUT2D eigenvalue weighted by Crippen LogP contribution is 2.27. The first-order valence-electron chi connectivity index (χ1n) is 5.80. The van der Waals surface area contributed by atoms with Crippen molar-refractivity contribution in [3.63, 3.8) is 0 Å². The largest absolute Gasteiger partial charge is 0.359 e. The maximum atomic E-state index is 11.5. The summed E-state index contributed by atoms with van der Waals surface area (Å²) in [7, 11) is -3.57. The van der Waals surface area contributed by atoms with E-state index in [0.29, 0.717) is 15.7 Å². The number of aromatic nitrogens is 3. The van der Waals surface area contributed by atoms with Gasteiger partial charge < -0.3 is 5.32 Å². The summed E-state index contributed by atoms with van der Waals surface area (Å²) >= 11 is 1.31. The average Bonchev–Trinajstić information content (AvgIpc) is 2.74. The Hall–Kier alpha value is -1.74. The second-order valence-corrected chi connectivity index (χ2v) is 7.50. The van der Waals surface area contributed by atoms with Crippen molar-refractivity contribution in [3.05, 3.63) is 22.6 Å². The van der Waals surface area contributed by atoms with Gasteiger partial charge >= 0.3 is 0 Å². The number of rotatable bonds is 4. The monoisotopic (exact) mass is 314 g/mol. The fraction of sp³-hybridized carbons (Fsp3) is 0.364. The normalized spacial score (nSPS) is 11.8. The van der Waals surface area contributed by atoms with Crippen molar-refractivity contribution in [2.24, 2.45) is 0 Å². The van der Waals surface area contributed by atoms with Gasteiger partial charge in [0.25, 0.3) is 5.56 Å². The van der Waals surface area contributed by atoms with Gasteiger partial charge in [0.05, 0.1) is 10.6 Å². The minimum Gasteiger partial charge on any atom is -0.359 e. The van der Waals surface area contributed by atoms with Crippen LogP contribution in [0.25, 0.3) is 10.6 Å². The minimum absolute atomic E-state index is 0.229. The van der Waals surface area contributed by atoms with Crippen molar-refractivity contribution in [1.82, 2.24) is 15.0 Å². The van der Waals surface area contributed by atoms with E-state index in [4.69, 9.17) is 0 Å². The molecule has 0 saturated heterocycles. The summed E-state index contributed by atoms with van der Waals surface area (Å²) in [5.41, 5.74) is -0.217. The lowest BCUT2D eigenvalue weighted by atomic mass is 10.4. The van der Waals surface area contributed by atoms with Crippen molar-refractivity contribution in [1.29, 1.82) is 0 Å². The van der Waals surface area contributed by atoms with Gasteiger partial charge in [-0.15, -0.1) is 0 Å². The third kappa shape index (κ3) is 3.42. The molecule has 0 aliphatic rings. The zero-order valence-corrected chi connectivity index (χ0v) is 12.8. The van der Waals surface area contributed by atoms with Gasteiger partial charge in [-0.05, 0) is 13.8 Å². The predicted octanol–water partition coefficient (Wildman–Crippen LogP) is 1.12. The average molecular weight is 314 g/mol. The Morgan fingerprint density at radius 1 is 1.40 bits per heavy atom. The molecule has 0 fully saturated rings. The van der Waals surface area contributed by atoms with Crippen LogP contribution >= 0.6 is 11.3 Å². The van der Waals surface area contributed by atoms with E-state index >= 15 is 0 Å². The lowest BCUT2D eigenvalue weighted by Gasteiger charge is -2.04. The van der Waals surface area contributed by atoms with Crippen LogP contribution < -0.4 is 10.9 Å². The molecule has 0 aromatic carbocycles. The van der Waals surface area contributed by atoms with Crippen molar-refractivity contribution in [3.8, 4) is 10.6 Å². The van der Waals surface area contributed by atoms with Gasteiger partial charge in [0.15, 0.2) is 5.13 Å². The molecule has 0 aliphatic heterocycles. The summed E-state index contributed by atoms with van der Waals surface area (Å²) in [5.74, 6) is 0. The summed E-state index contributed by atoms with van der Waals surface area (Å²) < 4.78 is 22.9. The molecule has 2 heterocycles. The van der Waals surface area contributed by atoms with E-state index in [1.165, 1.54) is 17.4 Å². The number of nitrogens with one attached hydrogen (secondary N) is 2. The van der Waals surface area contributed by atoms with Gasteiger partial charge in [-0.2, -0.15) is 0 Å². The summed E-state index contributed by atoms with van der Waals surface area (Å²) in [6.45, 7) is 3.96. The lowest BCUT2D eigenvalue weighted by molar-refractivity contribution is 0.592. The van der Waals surface area contributed by atoms with Crippen LogP contribution in [-0.4, -0.2) is 35.7 Å². The highest BCUT2D eigenvalue weighted by atomic mass is 32.2. The maximum Gasteiger partial charge on any atom is 0.252 e. The molecule has 2 rings (SSSR count). The van der Waals surface area contributed by atoms with Crippen LogP contribution in [0, 0.1) is 0 Å². The molecule has 0 radical (unpaired) electrons. The molecule has 2 aromatic heterocycles. The second kappa shape index (κ2) is 5.33. The summed E-state index contributed by atoms with van der Waals surface area (Å²) in [6.07, 6.45) is 2.55. The van der Waals surface area contributed by atoms with Crippen LogP contribution in [0.4, 0.5) is 5.13 Å². The molecule has 108 valence electrons. The smallest absolute Gasteiger partial charge is 0.252 e. The van der Waals surface area contributed by atoms with E-state index in [1.807, 2.05) is 13.8 Å². The number of hydrogen-bond donors (Lipinski definition) is 2. The van der Waals surface area contributed by atoms with Crippen molar-refractivity contribution < 1.29 is 8.42 Å². The van der Waals surface area contributed by atoms with Crippen molar-refractivity contribution in [2.45, 2.75) is 25.0 Å². The maximum absolute atomic E-state index is 11.5. The molecule has 0 aliphatic carbocycles. The highest BCUT2D eigenvalue weighted by Gasteiger charge is 2.14. The molecule has 2 aromatic rings. The van der Waals surface area contributed by atoms with E-state index < -0.39 is 15.4 Å². The van der Waals surface area contributed by atoms with Crippen molar-refractivity contribution >= 4 is 26.3 Å². The van der Waals surface area contributed by atoms with E-state index in [-0.39, 0.29) is 11.2 Å². The Bertz CT molecular complexity index is 777. The Balaban J connectivity index is 2.45. The number of H-pyrrole nitrogens is 1. The first-order chi connectivity index (χ1) is 9.25. The van der Waals surface area contributed by atoms with Gasteiger partial charge in [-0.25, -0.2) is 18.4 Å². The Kier molecular flexibility index (Phi) is 3.91. The quantitative estimate of drug-likeness (QED) is 0.819. The molecule has 0 amide bonds. The fourth-order valence-corrected chi connectivity index (χ4v) is 2.92. The molecule has 0 saturated carbocycles. The third-order valence-electron chi connectivity index (χ3n) is 2.24. The molecule has 7 nitrogen and oxygen atoms in total. The number of anilines is 1. The number of aromatic amines is 1. The zero-order chi connectivity index (χ0) is 14.9. The molecular formula is C11H14N4O3S2. The van der Waals surface area contributed by atoms with E-state index in [0.717, 1.165) is 6.26 Å². The first-order valence-corrected chi connectivity index (χ1v) is 8.50. The summed E-state index contributed by atoms with van der Waals surface area (Å²) in [5, 5.41) is 3.48. The van der Waals surface area contributed by atoms with Crippen LogP contribution in [0.3, 0.4) is 0 Å². The zero-order valence-electron chi connectivity index (χ0n) is 11.2. The van der Waals surface area contributed by atoms with Crippen LogP contribution in [0.1, 0.15) is 13.8 Å². The van der Waals surface area contributed by atoms with Gasteiger partial charge in [0, 0.05) is 24.6 Å². The molecule has 0 unspecified atom stereocenters. The standard InChI is InChI=1S/C11H14N4O3S2/c1-6(2)13-10-12-5-8(19-10)7-4-9(16)15-11(14-7)20(3,17)18/h4-6H,1-3H3,(H,12,13)(H,14,15,16). The summed E-state index contributed by atoms with van der Waals surface area (Å²) in [6, 6.07) is 1.48. The number of nitrogens with zero attached hydrogens (tertiary/aromatic N) is 2. The number of hydrogen-bond acceptors (Lipinski definition) is 7. The molecule has 0 spiro atoms. The van der Waals surface area contributed by atoms with E-state index in [2.05, 4.69) is 20.3 Å². The van der Waals surface area contributed by atoms with Crippen LogP contribution in [-0.2, 0) is 9.84 Å². The Morgan fingerprint density at radius 3 is 2.70 bits per heavy atom. The Labute approximate surface area is 120 Å². The third-order valence-corrected chi connectivity index (χ3v) is 4.09. The molecule has 9 heteroatoms. The fourth-order valence-electron chi connectivity index (χ4n) is 1.44. The van der Waals surface area contributed by atoms with Gasteiger partial charge in [-0.3, -0.25) is 9.78 Å². The molecule has 2 N–H and O–H groups in total. The second-order valence-electron chi connectivity index (χ2n) is 4.54. The molecule has 0 atom stereocenters. The van der Waals surface area contributed by atoms with Crippen molar-refractivity contribution in [2.75, 3.05) is 11.6 Å². The summed E-state index contributed by atoms with van der Waals surface area (Å²) in [4.78, 5) is 22.5. The topological polar surface area (TPSA) is 105 Å². The molecule has 20 heavy (non-hydrogen) atoms. The van der Waals surface area contributed by atoms with E-state index in [9.17, 15) is 13.2 Å². The Morgan fingerprint density at radius 2 is 2.10 bits per heavy atom. The first kappa shape index (κ1) is 14.7. The molecule has 0 bridgehead atoms. The van der Waals surface area contributed by atoms with Crippen LogP contribution in [0.2, 0.25) is 0 Å². The van der Waals surface area contributed by atoms with Gasteiger partial charge in [0.2, 0.25) is 15.0 Å². The SMILES string of the molecule is CC(C)Nc1ncc(-c2cc(=O)[nH]c(S(C)(=O)=O)n2)s1. The highest BCUT2D eigenvalue weighted by molar-refractivity contribution is 7.90. The lowest BCUT2D eigenvalue weighted by Crippen LogP contribution is -2.14. The van der Waals surface area contributed by atoms with E-state index in [1.54, 1.807) is 6.20 Å². The number of sulfone groups is 1. The van der Waals surface area contributed by atoms with Gasteiger partial charge in [0.1, 0.15) is 0 Å². The van der Waals surface area contributed by atoms with Gasteiger partial charge in [-0.1, -0.05) is 11.3 Å². The number of thiazole rings is 1. The van der Waals surface area contributed by atoms with Crippen LogP contribution in [0.5, 0.6) is 0 Å². The minimum atomic E-state index is -3.57. The predicted molar refractivity (Wildman–Crippen MR) is 77.8 cm³/mol. The molecular weight excluding hydrogens is 300 g/mol.